The van der Waals surface area contributed by atoms with Gasteiger partial charge < -0.3 is 19.3 Å². The van der Waals surface area contributed by atoms with Crippen molar-refractivity contribution in [1.29, 1.82) is 0 Å². The Balaban J connectivity index is 2.30. The van der Waals surface area contributed by atoms with E-state index >= 15 is 0 Å². The minimum atomic E-state index is -0.610. The molecule has 0 bridgehead atoms. The molecule has 120 valence electrons. The van der Waals surface area contributed by atoms with Crippen molar-refractivity contribution in [3.8, 4) is 17.2 Å². The minimum absolute atomic E-state index is 0.0885. The number of phenolic OH excluding ortho intramolecular Hbond substituents is 1. The second-order valence-corrected chi connectivity index (χ2v) is 5.15. The van der Waals surface area contributed by atoms with Crippen molar-refractivity contribution in [1.82, 2.24) is 0 Å². The molecule has 0 aliphatic carbocycles. The standard InChI is InChI=1S/C16H20O6/c1-4-5-9(17)6-7-11-10-8-12(20-2)15(21-3)14(18)13(10)16(19)22-11/h8,11,18H,4-7H2,1-3H3/t11-/m1/s1. The zero-order valence-corrected chi connectivity index (χ0v) is 13.0. The molecule has 6 nitrogen and oxygen atoms in total. The Kier molecular flexibility index (Phi) is 4.90. The van der Waals surface area contributed by atoms with Crippen molar-refractivity contribution in [2.45, 2.75) is 38.7 Å². The maximum Gasteiger partial charge on any atom is 0.343 e. The van der Waals surface area contributed by atoms with E-state index in [1.807, 2.05) is 6.92 Å². The molecule has 6 heteroatoms. The first kappa shape index (κ1) is 16.1. The molecule has 1 aliphatic heterocycles. The van der Waals surface area contributed by atoms with E-state index in [1.54, 1.807) is 6.07 Å². The third-order valence-corrected chi connectivity index (χ3v) is 3.69. The Morgan fingerprint density at radius 3 is 2.64 bits per heavy atom. The molecule has 1 atom stereocenters. The van der Waals surface area contributed by atoms with E-state index in [-0.39, 0.29) is 22.8 Å². The zero-order valence-electron chi connectivity index (χ0n) is 13.0. The Morgan fingerprint density at radius 1 is 1.32 bits per heavy atom. The molecule has 22 heavy (non-hydrogen) atoms. The zero-order chi connectivity index (χ0) is 16.3. The molecule has 0 unspecified atom stereocenters. The van der Waals surface area contributed by atoms with Gasteiger partial charge in [-0.3, -0.25) is 4.79 Å². The maximum atomic E-state index is 12.0. The van der Waals surface area contributed by atoms with Crippen LogP contribution in [0.1, 0.15) is 54.6 Å². The fourth-order valence-electron chi connectivity index (χ4n) is 2.63. The minimum Gasteiger partial charge on any atom is -0.504 e. The molecule has 0 saturated carbocycles. The van der Waals surface area contributed by atoms with Crippen LogP contribution in [0.15, 0.2) is 6.07 Å². The van der Waals surface area contributed by atoms with Gasteiger partial charge in [0.15, 0.2) is 11.5 Å². The van der Waals surface area contributed by atoms with E-state index in [0.717, 1.165) is 6.42 Å². The molecule has 1 N–H and O–H groups in total. The lowest BCUT2D eigenvalue weighted by Gasteiger charge is -2.13. The monoisotopic (exact) mass is 308 g/mol. The number of fused-ring (bicyclic) bond motifs is 1. The lowest BCUT2D eigenvalue weighted by molar-refractivity contribution is -0.119. The number of phenols is 1. The van der Waals surface area contributed by atoms with E-state index in [0.29, 0.717) is 30.6 Å². The van der Waals surface area contributed by atoms with Crippen molar-refractivity contribution >= 4 is 11.8 Å². The molecule has 1 aromatic carbocycles. The first-order chi connectivity index (χ1) is 10.5. The lowest BCUT2D eigenvalue weighted by atomic mass is 9.98. The molecule has 0 aromatic heterocycles. The molecule has 1 aliphatic rings. The van der Waals surface area contributed by atoms with Gasteiger partial charge >= 0.3 is 5.97 Å². The number of ether oxygens (including phenoxy) is 3. The van der Waals surface area contributed by atoms with Gasteiger partial charge in [0.1, 0.15) is 17.5 Å². The number of carbonyl (C=O) groups is 2. The summed E-state index contributed by atoms with van der Waals surface area (Å²) in [5.41, 5.74) is 0.620. The van der Waals surface area contributed by atoms with E-state index in [4.69, 9.17) is 14.2 Å². The summed E-state index contributed by atoms with van der Waals surface area (Å²) in [7, 11) is 2.83. The van der Waals surface area contributed by atoms with Crippen molar-refractivity contribution in [3.05, 3.63) is 17.2 Å². The number of Topliss-reactive ketones (excluding diaryl/α,β-unsaturated/α-hetero) is 1. The van der Waals surface area contributed by atoms with Gasteiger partial charge in [0.25, 0.3) is 0 Å². The normalized spacial score (nSPS) is 16.1. The van der Waals surface area contributed by atoms with Crippen LogP contribution >= 0.6 is 0 Å². The Morgan fingerprint density at radius 2 is 2.05 bits per heavy atom. The van der Waals surface area contributed by atoms with E-state index in [1.165, 1.54) is 14.2 Å². The van der Waals surface area contributed by atoms with E-state index in [2.05, 4.69) is 0 Å². The van der Waals surface area contributed by atoms with Crippen LogP contribution in [-0.2, 0) is 9.53 Å². The van der Waals surface area contributed by atoms with Crippen LogP contribution in [0, 0.1) is 0 Å². The van der Waals surface area contributed by atoms with Crippen molar-refractivity contribution < 1.29 is 28.9 Å². The summed E-state index contributed by atoms with van der Waals surface area (Å²) in [6.45, 7) is 1.94. The first-order valence-electron chi connectivity index (χ1n) is 7.23. The highest BCUT2D eigenvalue weighted by atomic mass is 16.6. The number of esters is 1. The highest BCUT2D eigenvalue weighted by Gasteiger charge is 2.37. The molecule has 0 spiro atoms. The summed E-state index contributed by atoms with van der Waals surface area (Å²) >= 11 is 0. The number of rotatable bonds is 7. The smallest absolute Gasteiger partial charge is 0.343 e. The number of hydrogen-bond acceptors (Lipinski definition) is 6. The van der Waals surface area contributed by atoms with Gasteiger partial charge in [-0.2, -0.15) is 0 Å². The van der Waals surface area contributed by atoms with Crippen LogP contribution in [0.3, 0.4) is 0 Å². The average Bonchev–Trinajstić information content (AvgIpc) is 2.81. The molecule has 1 heterocycles. The summed E-state index contributed by atoms with van der Waals surface area (Å²) < 4.78 is 15.5. The van der Waals surface area contributed by atoms with Gasteiger partial charge in [0.2, 0.25) is 5.75 Å². The Bertz CT molecular complexity index is 593. The van der Waals surface area contributed by atoms with Crippen molar-refractivity contribution in [3.63, 3.8) is 0 Å². The van der Waals surface area contributed by atoms with Gasteiger partial charge in [-0.25, -0.2) is 4.79 Å². The summed E-state index contributed by atoms with van der Waals surface area (Å²) in [6.07, 6.45) is 1.50. The third-order valence-electron chi connectivity index (χ3n) is 3.69. The molecule has 1 aromatic rings. The van der Waals surface area contributed by atoms with Gasteiger partial charge in [-0.1, -0.05) is 6.92 Å². The van der Waals surface area contributed by atoms with Crippen LogP contribution in [0.5, 0.6) is 17.2 Å². The number of methoxy groups -OCH3 is 2. The molecule has 0 amide bonds. The Labute approximate surface area is 129 Å². The molecule has 0 saturated heterocycles. The quantitative estimate of drug-likeness (QED) is 0.780. The summed E-state index contributed by atoms with van der Waals surface area (Å²) in [5.74, 6) is -0.342. The van der Waals surface area contributed by atoms with Crippen molar-refractivity contribution in [2.24, 2.45) is 0 Å². The molecular weight excluding hydrogens is 288 g/mol. The summed E-state index contributed by atoms with van der Waals surface area (Å²) in [4.78, 5) is 23.6. The fourth-order valence-corrected chi connectivity index (χ4v) is 2.63. The fraction of sp³-hybridized carbons (Fsp3) is 0.500. The molecule has 2 rings (SSSR count). The van der Waals surface area contributed by atoms with Gasteiger partial charge in [0.05, 0.1) is 14.2 Å². The van der Waals surface area contributed by atoms with Gasteiger partial charge in [-0.05, 0) is 18.9 Å². The number of ketones is 1. The van der Waals surface area contributed by atoms with Crippen LogP contribution in [-0.4, -0.2) is 31.1 Å². The van der Waals surface area contributed by atoms with Crippen molar-refractivity contribution in [2.75, 3.05) is 14.2 Å². The maximum absolute atomic E-state index is 12.0. The number of aromatic hydroxyl groups is 1. The highest BCUT2D eigenvalue weighted by molar-refractivity contribution is 5.98. The summed E-state index contributed by atoms with van der Waals surface area (Å²) in [6, 6.07) is 1.62. The van der Waals surface area contributed by atoms with Crippen LogP contribution in [0.25, 0.3) is 0 Å². The SMILES string of the molecule is CCCC(=O)CC[C@H]1OC(=O)c2c1cc(OC)c(OC)c2O. The van der Waals surface area contributed by atoms with E-state index in [9.17, 15) is 14.7 Å². The van der Waals surface area contributed by atoms with Gasteiger partial charge in [-0.15, -0.1) is 0 Å². The number of cyclic esters (lactones) is 1. The van der Waals surface area contributed by atoms with E-state index < -0.39 is 12.1 Å². The predicted molar refractivity (Wildman–Crippen MR) is 78.5 cm³/mol. The average molecular weight is 308 g/mol. The topological polar surface area (TPSA) is 82.1 Å². The van der Waals surface area contributed by atoms with Gasteiger partial charge in [0, 0.05) is 18.4 Å². The van der Waals surface area contributed by atoms with Crippen LogP contribution in [0.2, 0.25) is 0 Å². The largest absolute Gasteiger partial charge is 0.504 e. The second kappa shape index (κ2) is 6.68. The molecule has 0 radical (unpaired) electrons. The highest BCUT2D eigenvalue weighted by Crippen LogP contribution is 2.47. The van der Waals surface area contributed by atoms with Crippen LogP contribution < -0.4 is 9.47 Å². The Hall–Kier alpha value is -2.24. The number of hydrogen-bond donors (Lipinski definition) is 1. The molecule has 0 fully saturated rings. The second-order valence-electron chi connectivity index (χ2n) is 5.15. The number of benzene rings is 1. The van der Waals surface area contributed by atoms with Crippen LogP contribution in [0.4, 0.5) is 0 Å². The first-order valence-corrected chi connectivity index (χ1v) is 7.23. The molecular formula is C16H20O6. The summed E-state index contributed by atoms with van der Waals surface area (Å²) in [5, 5.41) is 10.2. The third kappa shape index (κ3) is 2.86. The predicted octanol–water partition coefficient (Wildman–Crippen LogP) is 2.77. The number of carbonyl (C=O) groups excluding carboxylic acids is 2. The lowest BCUT2D eigenvalue weighted by Crippen LogP contribution is -2.04.